The van der Waals surface area contributed by atoms with Crippen LogP contribution in [0.3, 0.4) is 0 Å². The van der Waals surface area contributed by atoms with Gasteiger partial charge in [-0.25, -0.2) is 18.4 Å². The average Bonchev–Trinajstić information content (AvgIpc) is 1.45. The molecule has 14 rings (SSSR count). The third-order valence-corrected chi connectivity index (χ3v) is 28.6. The molecule has 11 N–H and O–H groups in total. The van der Waals surface area contributed by atoms with Crippen molar-refractivity contribution in [2.24, 2.45) is 62.9 Å². The molecule has 18 atom stereocenters. The second-order valence-corrected chi connectivity index (χ2v) is 35.4. The third kappa shape index (κ3) is 16.4. The number of benzene rings is 2. The first-order valence-electron chi connectivity index (χ1n) is 41.9. The molecule has 0 bridgehead atoms. The summed E-state index contributed by atoms with van der Waals surface area (Å²) >= 11 is 0. The number of carbonyl (C=O) groups excluding carboxylic acids is 13. The number of aliphatic carboxylic acids is 2. The molecule has 4 aliphatic heterocycles. The number of piperidine rings is 2. The van der Waals surface area contributed by atoms with Gasteiger partial charge in [0, 0.05) is 65.7 Å². The summed E-state index contributed by atoms with van der Waals surface area (Å²) in [5, 5.41) is 70.0. The van der Waals surface area contributed by atoms with Gasteiger partial charge in [-0.2, -0.15) is 13.2 Å². The summed E-state index contributed by atoms with van der Waals surface area (Å²) < 4.78 is 77.2. The van der Waals surface area contributed by atoms with Gasteiger partial charge in [0.05, 0.1) is 34.5 Å². The SMILES string of the molecule is C[C@@H]1C[C@H]2[C@@H]3CCC4=CC(=O)C=C[C@]4(C)[C@@]3(F)[C@@H](O)C[C@]2(C)[C@@]1(O)C(=O)NCCCCCCCC(=O)COc1cccc2c1C(=O)N(C1CCC(=O)NC1=O)C2=O.C[C@@H]1C[C@H]2[C@@H]3CCC4=CC(=O)C=C[C@]4(C)[C@@]3(F)[C@@H](O)C[C@]2(C)[C@@]1(O)C(=O)O.NCCCCCCCC(=O)COc1cccc2c1C(=O)N(C1CCC(=O)NC1=O)C2=O.O=C(O)C(F)(F)F. The Morgan fingerprint density at radius 2 is 0.926 bits per heavy atom. The average molecular weight is 1710 g/mol. The molecule has 8 fully saturated rings. The van der Waals surface area contributed by atoms with Gasteiger partial charge in [0.2, 0.25) is 23.6 Å². The van der Waals surface area contributed by atoms with Crippen LogP contribution in [0.2, 0.25) is 0 Å². The van der Waals surface area contributed by atoms with Crippen LogP contribution in [0.5, 0.6) is 11.5 Å². The van der Waals surface area contributed by atoms with Gasteiger partial charge in [-0.05, 0) is 183 Å². The highest BCUT2D eigenvalue weighted by molar-refractivity contribution is 6.25. The molecule has 122 heavy (non-hydrogen) atoms. The molecule has 0 aromatic heterocycles. The Balaban J connectivity index is 0.000000187. The maximum absolute atomic E-state index is 17.4. The van der Waals surface area contributed by atoms with Crippen LogP contribution in [0.25, 0.3) is 0 Å². The Bertz CT molecular complexity index is 4740. The van der Waals surface area contributed by atoms with E-state index in [4.69, 9.17) is 25.1 Å². The van der Waals surface area contributed by atoms with Crippen LogP contribution in [-0.4, -0.2) is 208 Å². The summed E-state index contributed by atoms with van der Waals surface area (Å²) in [6.45, 7) is 11.0. The lowest BCUT2D eigenvalue weighted by molar-refractivity contribution is -0.225. The molecular weight excluding hydrogens is 1600 g/mol. The van der Waals surface area contributed by atoms with E-state index in [9.17, 15) is 106 Å². The number of nitrogens with zero attached hydrogens (tertiary/aromatic N) is 2. The van der Waals surface area contributed by atoms with E-state index in [1.165, 1.54) is 54.6 Å². The normalized spacial score (nSPS) is 33.8. The minimum Gasteiger partial charge on any atom is -0.485 e. The first kappa shape index (κ1) is 92.8. The molecular formula is C88H107F5N6O23. The molecule has 2 saturated heterocycles. The Labute approximate surface area is 700 Å². The fourth-order valence-corrected chi connectivity index (χ4v) is 22.0. The van der Waals surface area contributed by atoms with Crippen molar-refractivity contribution in [1.29, 1.82) is 0 Å². The second-order valence-electron chi connectivity index (χ2n) is 35.4. The van der Waals surface area contributed by atoms with Crippen LogP contribution in [0, 0.1) is 57.2 Å². The number of carboxylic acid groups (broad SMARTS) is 2. The zero-order valence-electron chi connectivity index (χ0n) is 69.0. The molecule has 0 spiro atoms. The van der Waals surface area contributed by atoms with Crippen molar-refractivity contribution in [2.75, 3.05) is 26.3 Å². The molecule has 0 radical (unpaired) electrons. The number of fused-ring (bicyclic) bond motifs is 12. The van der Waals surface area contributed by atoms with E-state index in [1.54, 1.807) is 45.9 Å². The Hall–Kier alpha value is -9.90. The molecule has 4 heterocycles. The molecule has 34 heteroatoms. The van der Waals surface area contributed by atoms with E-state index in [0.29, 0.717) is 82.0 Å². The Kier molecular flexibility index (Phi) is 27.2. The van der Waals surface area contributed by atoms with Crippen molar-refractivity contribution in [3.05, 3.63) is 106 Å². The first-order chi connectivity index (χ1) is 57.3. The number of ketones is 4. The minimum absolute atomic E-state index is 0.00296. The maximum atomic E-state index is 17.4. The number of carboxylic acids is 2. The number of hydrogen-bond acceptors (Lipinski definition) is 22. The number of carbonyl (C=O) groups is 15. The second kappa shape index (κ2) is 35.7. The highest BCUT2D eigenvalue weighted by Gasteiger charge is 2.78. The first-order valence-corrected chi connectivity index (χ1v) is 41.9. The maximum Gasteiger partial charge on any atom is 0.490 e. The summed E-state index contributed by atoms with van der Waals surface area (Å²) in [6, 6.07) is 6.90. The summed E-state index contributed by atoms with van der Waals surface area (Å²) in [6.07, 6.45) is 12.6. The number of nitrogens with two attached hydrogens (primary N) is 1. The van der Waals surface area contributed by atoms with Crippen molar-refractivity contribution >= 4 is 88.2 Å². The van der Waals surface area contributed by atoms with Crippen LogP contribution >= 0.6 is 0 Å². The number of hydrogen-bond donors (Lipinski definition) is 10. The van der Waals surface area contributed by atoms with Gasteiger partial charge < -0.3 is 51.2 Å². The zero-order chi connectivity index (χ0) is 89.5. The van der Waals surface area contributed by atoms with Gasteiger partial charge in [-0.15, -0.1) is 0 Å². The molecule has 662 valence electrons. The van der Waals surface area contributed by atoms with Crippen molar-refractivity contribution in [2.45, 2.75) is 249 Å². The van der Waals surface area contributed by atoms with Crippen molar-refractivity contribution in [3.8, 4) is 11.5 Å². The molecule has 2 aromatic rings. The molecule has 2 unspecified atom stereocenters. The van der Waals surface area contributed by atoms with E-state index in [0.717, 1.165) is 61.2 Å². The van der Waals surface area contributed by atoms with E-state index < -0.39 is 163 Å². The van der Waals surface area contributed by atoms with Crippen molar-refractivity contribution in [3.63, 3.8) is 0 Å². The summed E-state index contributed by atoms with van der Waals surface area (Å²) in [7, 11) is 0. The van der Waals surface area contributed by atoms with E-state index in [1.807, 2.05) is 13.8 Å². The number of allylic oxidation sites excluding steroid dienone is 8. The fraction of sp³-hybridized carbons (Fsp3) is 0.602. The Morgan fingerprint density at radius 3 is 1.32 bits per heavy atom. The van der Waals surface area contributed by atoms with Gasteiger partial charge in [0.15, 0.2) is 45.7 Å². The standard InChI is InChI=1S/C43H52FN3O10.C22H27N3O6.C21H27FO5.C2HF3O2/c1-24-20-30-29-14-13-25-21-26(48)17-18-40(25,2)42(29,44)33(50)22-41(30,3)43(24,56)39(55)45-19-8-6-4-5-7-10-27(49)23-57-32-12-9-11-28-35(32)38(54)47(37(28)53)31-15-16-34(51)46-36(31)52;23-12-5-3-1-2-4-7-14(26)13-31-17-9-6-8-15-19(17)22(30)25(21(15)29)16-10-11-18(27)24-20(16)28;1-11-8-15-14-5-4-12-9-13(23)6-7-18(12,2)20(14,22)16(24)10-19(15,3)21(11,27)17(25)26;3-2(4,5)1(6)7/h9,11-12,17-18,21,24,29-31,33,50,56H,4-8,10,13-16,19-20,22-23H2,1-3H3,(H,45,55)(H,46,51,52);6,8-9,16H,1-5,7,10-13,23H2,(H,24,27,28);6-7,9,11,14-16,24,27H,4-5,8,10H2,1-3H3,(H,25,26);(H,6,7)/t24-,29+,30+,31?,33+,40+,41+,42+,43+;;11-,14+,15+,16+,18+,19+,20+,21+;/m1.1./s1. The molecule has 6 saturated carbocycles. The zero-order valence-corrected chi connectivity index (χ0v) is 69.0. The van der Waals surface area contributed by atoms with Gasteiger partial charge >= 0.3 is 18.1 Å². The molecule has 29 nitrogen and oxygen atoms in total. The quantitative estimate of drug-likeness (QED) is 0.0254. The van der Waals surface area contributed by atoms with Gasteiger partial charge in [-0.1, -0.05) is 102 Å². The number of nitrogens with one attached hydrogen (secondary N) is 3. The van der Waals surface area contributed by atoms with E-state index in [-0.39, 0.29) is 127 Å². The molecule has 12 aliphatic rings. The molecule has 9 amide bonds. The van der Waals surface area contributed by atoms with E-state index >= 15 is 8.78 Å². The van der Waals surface area contributed by atoms with Crippen LogP contribution in [-0.2, 0) is 52.7 Å². The van der Waals surface area contributed by atoms with Gasteiger partial charge in [-0.3, -0.25) is 82.8 Å². The number of halogens is 5. The number of aliphatic hydroxyl groups is 4. The van der Waals surface area contributed by atoms with Crippen LogP contribution in [0.1, 0.15) is 237 Å². The Morgan fingerprint density at radius 1 is 0.541 bits per heavy atom. The topological polar surface area (TPSA) is 464 Å². The number of amides is 9. The summed E-state index contributed by atoms with van der Waals surface area (Å²) in [4.78, 5) is 185. The monoisotopic (exact) mass is 1710 g/mol. The highest BCUT2D eigenvalue weighted by Crippen LogP contribution is 2.73. The van der Waals surface area contributed by atoms with E-state index in [2.05, 4.69) is 16.0 Å². The lowest BCUT2D eigenvalue weighted by Crippen LogP contribution is -2.70. The predicted octanol–water partition coefficient (Wildman–Crippen LogP) is 8.23. The summed E-state index contributed by atoms with van der Waals surface area (Å²) in [5.41, 5.74) is -5.17. The molecule has 2 aromatic carbocycles. The minimum atomic E-state index is -5.08. The number of imide groups is 4. The number of rotatable bonds is 25. The highest BCUT2D eigenvalue weighted by atomic mass is 19.4. The largest absolute Gasteiger partial charge is 0.490 e. The fourth-order valence-electron chi connectivity index (χ4n) is 22.0. The lowest BCUT2D eigenvalue weighted by atomic mass is 9.44. The summed E-state index contributed by atoms with van der Waals surface area (Å²) in [5.74, 6) is -12.8. The number of Topliss-reactive ketones (excluding diaryl/α,β-unsaturated/α-hetero) is 2. The number of alkyl halides is 5. The lowest BCUT2D eigenvalue weighted by Gasteiger charge is -2.62. The molecule has 8 aliphatic carbocycles. The predicted molar refractivity (Wildman–Crippen MR) is 422 cm³/mol. The number of ether oxygens (including phenoxy) is 2. The van der Waals surface area contributed by atoms with Crippen LogP contribution < -0.4 is 31.2 Å². The van der Waals surface area contributed by atoms with Crippen LogP contribution in [0.4, 0.5) is 22.0 Å². The van der Waals surface area contributed by atoms with Crippen molar-refractivity contribution < 1.29 is 134 Å². The van der Waals surface area contributed by atoms with Gasteiger partial charge in [0.25, 0.3) is 29.5 Å². The number of unbranched alkanes of at least 4 members (excludes halogenated alkanes) is 8. The van der Waals surface area contributed by atoms with Crippen molar-refractivity contribution in [1.82, 2.24) is 25.8 Å². The smallest absolute Gasteiger partial charge is 0.485 e. The van der Waals surface area contributed by atoms with Gasteiger partial charge in [0.1, 0.15) is 36.8 Å². The van der Waals surface area contributed by atoms with Crippen LogP contribution in [0.15, 0.2) is 84.0 Å². The third-order valence-electron chi connectivity index (χ3n) is 28.6. The number of aliphatic hydroxyl groups excluding tert-OH is 2.